The number of anilines is 1. The molecule has 23 heteroatoms. The van der Waals surface area contributed by atoms with Gasteiger partial charge >= 0.3 is 5.97 Å². The minimum Gasteiger partial charge on any atom is -0.481 e. The summed E-state index contributed by atoms with van der Waals surface area (Å²) in [4.78, 5) is 12.9. The smallest absolute Gasteiger partial charge is 0.303 e. The summed E-state index contributed by atoms with van der Waals surface area (Å²) in [6.07, 6.45) is 7.31. The topological polar surface area (TPSA) is 275 Å². The Morgan fingerprint density at radius 1 is 0.726 bits per heavy atom. The van der Waals surface area contributed by atoms with Crippen LogP contribution in [-0.4, -0.2) is 161 Å². The zero-order valence-corrected chi connectivity index (χ0v) is 45.1. The molecular formula is C50H75N2O18S3+. The Morgan fingerprint density at radius 3 is 1.88 bits per heavy atom. The lowest BCUT2D eigenvalue weighted by Gasteiger charge is -2.30. The van der Waals surface area contributed by atoms with Gasteiger partial charge in [-0.2, -0.15) is 25.3 Å². The molecule has 1 aromatic rings. The molecule has 0 aromatic heterocycles. The molecule has 4 N–H and O–H groups in total. The van der Waals surface area contributed by atoms with Crippen LogP contribution in [0.25, 0.3) is 17.4 Å². The molecule has 73 heavy (non-hydrogen) atoms. The maximum Gasteiger partial charge on any atom is 0.303 e. The molecule has 0 amide bonds. The second kappa shape index (κ2) is 29.3. The van der Waals surface area contributed by atoms with Crippen LogP contribution in [0.5, 0.6) is 0 Å². The van der Waals surface area contributed by atoms with E-state index >= 15 is 0 Å². The fourth-order valence-electron chi connectivity index (χ4n) is 8.46. The van der Waals surface area contributed by atoms with Crippen molar-refractivity contribution in [1.82, 2.24) is 4.58 Å². The van der Waals surface area contributed by atoms with Gasteiger partial charge in [-0.15, -0.1) is 0 Å². The summed E-state index contributed by atoms with van der Waals surface area (Å²) in [6.45, 7) is 13.7. The summed E-state index contributed by atoms with van der Waals surface area (Å²) in [7, 11) is -11.6. The van der Waals surface area contributed by atoms with E-state index in [1.807, 2.05) is 46.7 Å². The molecule has 0 radical (unpaired) electrons. The van der Waals surface area contributed by atoms with Gasteiger partial charge < -0.3 is 42.8 Å². The first-order valence-electron chi connectivity index (χ1n) is 24.4. The van der Waals surface area contributed by atoms with E-state index in [1.54, 1.807) is 25.3 Å². The zero-order valence-electron chi connectivity index (χ0n) is 42.7. The molecule has 2 aliphatic heterocycles. The van der Waals surface area contributed by atoms with Gasteiger partial charge in [0.1, 0.15) is 24.7 Å². The minimum atomic E-state index is -4.62. The van der Waals surface area contributed by atoms with Gasteiger partial charge in [0.25, 0.3) is 30.4 Å². The third kappa shape index (κ3) is 21.2. The molecule has 0 spiro atoms. The average Bonchev–Trinajstić information content (AvgIpc) is 3.52. The standard InChI is InChI=1S/C50H74N2O18S3/c1-49(2,3)43-37-40(12-9-13-47-50(4,19-10-34-71(55,56)57)44-38-41(73(61,62)63)16-18-45(44)52(47)21-8-6-7-14-48(53)54)70-46-36-39(15-17-42(43)46)51(20-11-35-72(58,59)60)22-23-65-26-27-67-30-31-69-33-32-68-29-28-66-25-24-64-5/h9,12-13,15-18,36-38H,6-8,10-11,14,19-35H2,1-5H3,(H3-,53,54,55,56,57,58,59,60,61,62,63)/p+1. The number of rotatable bonds is 35. The van der Waals surface area contributed by atoms with Crippen LogP contribution >= 0.6 is 0 Å². The lowest BCUT2D eigenvalue weighted by Crippen LogP contribution is -2.35. The first-order chi connectivity index (χ1) is 34.4. The van der Waals surface area contributed by atoms with Crippen molar-refractivity contribution in [3.8, 4) is 11.3 Å². The number of benzene rings is 2. The molecule has 0 saturated carbocycles. The Bertz CT molecular complexity index is 2680. The highest BCUT2D eigenvalue weighted by molar-refractivity contribution is 7.86. The number of aliphatic carboxylic acids is 1. The summed E-state index contributed by atoms with van der Waals surface area (Å²) in [5, 5.41) is 9.93. The van der Waals surface area contributed by atoms with Crippen molar-refractivity contribution >= 4 is 48.1 Å². The van der Waals surface area contributed by atoms with Crippen LogP contribution in [0.2, 0.25) is 0 Å². The van der Waals surface area contributed by atoms with Gasteiger partial charge in [0, 0.05) is 54.9 Å². The second-order valence-corrected chi connectivity index (χ2v) is 23.4. The largest absolute Gasteiger partial charge is 0.481 e. The number of carboxylic acids is 1. The van der Waals surface area contributed by atoms with Gasteiger partial charge in [0.05, 0.1) is 88.5 Å². The van der Waals surface area contributed by atoms with E-state index in [1.165, 1.54) is 12.1 Å². The Labute approximate surface area is 430 Å². The van der Waals surface area contributed by atoms with Crippen LogP contribution in [0.4, 0.5) is 5.69 Å². The van der Waals surface area contributed by atoms with E-state index in [0.29, 0.717) is 127 Å². The molecule has 410 valence electrons. The number of fused-ring (bicyclic) bond motifs is 2. The minimum absolute atomic E-state index is 0.000662. The van der Waals surface area contributed by atoms with Gasteiger partial charge in [-0.3, -0.25) is 18.5 Å². The van der Waals surface area contributed by atoms with Crippen LogP contribution in [-0.2, 0) is 74.4 Å². The van der Waals surface area contributed by atoms with Gasteiger partial charge in [0.2, 0.25) is 5.36 Å². The molecule has 4 rings (SSSR count). The highest BCUT2D eigenvalue weighted by Crippen LogP contribution is 2.51. The molecule has 1 unspecified atom stereocenters. The SMILES string of the molecule is COCCOCCOCCOCCOCCOCC[N+](CCCS(=O)(=O)O)=c1ccc2c(C(C)(C)C)cc(C=CC=C3N(CCCCCC(=O)O)c4ccc(S(=O)(=O)O)cc4C3(C)CCCS(=O)(=O)O)oc-2c1. The molecular weight excluding hydrogens is 1010 g/mol. The van der Waals surface area contributed by atoms with Gasteiger partial charge in [0.15, 0.2) is 6.54 Å². The lowest BCUT2D eigenvalue weighted by atomic mass is 9.77. The highest BCUT2D eigenvalue weighted by Gasteiger charge is 2.43. The molecule has 20 nitrogen and oxygen atoms in total. The van der Waals surface area contributed by atoms with Gasteiger partial charge in [-0.05, 0) is 91.6 Å². The number of carboxylic acid groups (broad SMARTS) is 1. The molecule has 0 bridgehead atoms. The fourth-order valence-corrected chi connectivity index (χ4v) is 9.97. The van der Waals surface area contributed by atoms with Crippen molar-refractivity contribution in [2.24, 2.45) is 0 Å². The van der Waals surface area contributed by atoms with Crippen LogP contribution in [0, 0.1) is 0 Å². The monoisotopic (exact) mass is 1090 g/mol. The molecule has 1 aromatic carbocycles. The predicted octanol–water partition coefficient (Wildman–Crippen LogP) is 5.70. The lowest BCUT2D eigenvalue weighted by molar-refractivity contribution is -0.137. The number of carbonyl (C=O) groups is 1. The Hall–Kier alpha value is -4.11. The predicted molar refractivity (Wildman–Crippen MR) is 276 cm³/mol. The fraction of sp³-hybridized carbons (Fsp3) is 0.600. The summed E-state index contributed by atoms with van der Waals surface area (Å²) in [6, 6.07) is 11.9. The summed E-state index contributed by atoms with van der Waals surface area (Å²) < 4.78 is 142. The van der Waals surface area contributed by atoms with Gasteiger partial charge in [-0.25, -0.2) is 4.58 Å². The molecule has 0 saturated heterocycles. The van der Waals surface area contributed by atoms with E-state index in [0.717, 1.165) is 16.5 Å². The third-order valence-electron chi connectivity index (χ3n) is 12.1. The van der Waals surface area contributed by atoms with Crippen molar-refractivity contribution in [3.63, 3.8) is 0 Å². The Morgan fingerprint density at radius 2 is 1.32 bits per heavy atom. The van der Waals surface area contributed by atoms with E-state index in [4.69, 9.17) is 32.8 Å². The van der Waals surface area contributed by atoms with Crippen LogP contribution in [0.3, 0.4) is 0 Å². The number of methoxy groups -OCH3 is 1. The maximum atomic E-state index is 12.4. The number of hydrogen-bond acceptors (Lipinski definition) is 15. The van der Waals surface area contributed by atoms with Crippen molar-refractivity contribution in [2.75, 3.05) is 116 Å². The van der Waals surface area contributed by atoms with E-state index < -0.39 is 53.2 Å². The van der Waals surface area contributed by atoms with Gasteiger partial charge in [-0.1, -0.05) is 33.3 Å². The normalized spacial score (nSPS) is 16.5. The summed E-state index contributed by atoms with van der Waals surface area (Å²) >= 11 is 0. The average molecular weight is 1090 g/mol. The van der Waals surface area contributed by atoms with Crippen molar-refractivity contribution in [3.05, 3.63) is 82.6 Å². The Balaban J connectivity index is 1.61. The first-order valence-corrected chi connectivity index (χ1v) is 29.0. The number of allylic oxidation sites excluding steroid dienone is 3. The summed E-state index contributed by atoms with van der Waals surface area (Å²) in [5.41, 5.74) is 2.28. The number of ether oxygens (including phenoxy) is 6. The molecule has 1 atom stereocenters. The molecule has 3 aliphatic rings. The van der Waals surface area contributed by atoms with E-state index in [-0.39, 0.29) is 49.1 Å². The van der Waals surface area contributed by atoms with E-state index in [9.17, 15) is 48.8 Å². The zero-order chi connectivity index (χ0) is 53.7. The number of nitrogens with zero attached hydrogens (tertiary/aromatic N) is 2. The van der Waals surface area contributed by atoms with Crippen molar-refractivity contribution in [1.29, 1.82) is 0 Å². The highest BCUT2D eigenvalue weighted by atomic mass is 32.2. The third-order valence-corrected chi connectivity index (χ3v) is 14.5. The molecule has 1 aliphatic carbocycles. The van der Waals surface area contributed by atoms with Crippen molar-refractivity contribution in [2.45, 2.75) is 88.4 Å². The number of unbranched alkanes of at least 4 members (excludes halogenated alkanes) is 2. The van der Waals surface area contributed by atoms with Crippen LogP contribution in [0.1, 0.15) is 89.5 Å². The number of hydrogen-bond donors (Lipinski definition) is 4. The second-order valence-electron chi connectivity index (χ2n) is 18.8. The van der Waals surface area contributed by atoms with Crippen LogP contribution < -0.4 is 14.8 Å². The summed E-state index contributed by atoms with van der Waals surface area (Å²) in [5.74, 6) is -0.860. The quantitative estimate of drug-likeness (QED) is 0.0312. The Kier molecular flexibility index (Phi) is 24.6. The first kappa shape index (κ1) is 61.4. The van der Waals surface area contributed by atoms with E-state index in [2.05, 4.69) is 20.8 Å². The maximum absolute atomic E-state index is 12.4. The van der Waals surface area contributed by atoms with Crippen molar-refractivity contribution < 1.29 is 81.7 Å². The molecule has 0 fully saturated rings. The van der Waals surface area contributed by atoms with Crippen LogP contribution in [0.15, 0.2) is 69.6 Å². The molecule has 2 heterocycles.